The number of amides is 1. The zero-order valence-corrected chi connectivity index (χ0v) is 11.4. The van der Waals surface area contributed by atoms with Crippen LogP contribution in [0.15, 0.2) is 0 Å². The molecule has 17 heavy (non-hydrogen) atoms. The molecule has 1 rings (SSSR count). The minimum absolute atomic E-state index is 0.333. The van der Waals surface area contributed by atoms with E-state index in [1.165, 1.54) is 19.3 Å². The largest absolute Gasteiger partial charge is 0.368 e. The molecule has 3 unspecified atom stereocenters. The second-order valence-electron chi connectivity index (χ2n) is 5.77. The Morgan fingerprint density at radius 1 is 1.59 bits per heavy atom. The lowest BCUT2D eigenvalue weighted by Gasteiger charge is -2.30. The lowest BCUT2D eigenvalue weighted by atomic mass is 9.93. The van der Waals surface area contributed by atoms with Crippen LogP contribution in [0.3, 0.4) is 0 Å². The zero-order chi connectivity index (χ0) is 13.1. The van der Waals surface area contributed by atoms with E-state index in [0.717, 1.165) is 19.0 Å². The second-order valence-corrected chi connectivity index (χ2v) is 5.77. The Labute approximate surface area is 105 Å². The van der Waals surface area contributed by atoms with Gasteiger partial charge in [0.2, 0.25) is 5.91 Å². The normalized spacial score (nSPS) is 26.7. The van der Waals surface area contributed by atoms with Crippen LogP contribution in [0.2, 0.25) is 0 Å². The SMILES string of the molecule is CCCC1CCN(C(C)CC(C)(N)C(N)=O)C1. The average Bonchev–Trinajstić information content (AvgIpc) is 2.66. The van der Waals surface area contributed by atoms with Crippen LogP contribution in [0, 0.1) is 5.92 Å². The third kappa shape index (κ3) is 3.96. The van der Waals surface area contributed by atoms with Gasteiger partial charge in [-0.15, -0.1) is 0 Å². The molecule has 0 aromatic heterocycles. The molecule has 4 heteroatoms. The number of hydrogen-bond donors (Lipinski definition) is 2. The van der Waals surface area contributed by atoms with E-state index in [9.17, 15) is 4.79 Å². The lowest BCUT2D eigenvalue weighted by Crippen LogP contribution is -2.53. The summed E-state index contributed by atoms with van der Waals surface area (Å²) >= 11 is 0. The minimum atomic E-state index is -0.887. The van der Waals surface area contributed by atoms with Crippen molar-refractivity contribution >= 4 is 5.91 Å². The highest BCUT2D eigenvalue weighted by atomic mass is 16.1. The van der Waals surface area contributed by atoms with E-state index in [1.807, 2.05) is 0 Å². The first kappa shape index (κ1) is 14.5. The number of likely N-dealkylation sites (tertiary alicyclic amines) is 1. The summed E-state index contributed by atoms with van der Waals surface area (Å²) in [5.74, 6) is 0.411. The molecule has 0 radical (unpaired) electrons. The maximum atomic E-state index is 11.2. The van der Waals surface area contributed by atoms with Crippen molar-refractivity contribution in [3.8, 4) is 0 Å². The number of nitrogens with two attached hydrogens (primary N) is 2. The van der Waals surface area contributed by atoms with E-state index in [1.54, 1.807) is 6.92 Å². The molecule has 1 heterocycles. The average molecular weight is 241 g/mol. The van der Waals surface area contributed by atoms with Crippen LogP contribution < -0.4 is 11.5 Å². The van der Waals surface area contributed by atoms with Gasteiger partial charge in [0.05, 0.1) is 5.54 Å². The Hall–Kier alpha value is -0.610. The van der Waals surface area contributed by atoms with E-state index in [0.29, 0.717) is 12.5 Å². The van der Waals surface area contributed by atoms with Gasteiger partial charge < -0.3 is 16.4 Å². The van der Waals surface area contributed by atoms with Crippen LogP contribution in [-0.4, -0.2) is 35.5 Å². The summed E-state index contributed by atoms with van der Waals surface area (Å²) in [6.45, 7) is 8.37. The fourth-order valence-corrected chi connectivity index (χ4v) is 2.75. The van der Waals surface area contributed by atoms with Gasteiger partial charge in [0.1, 0.15) is 0 Å². The van der Waals surface area contributed by atoms with Crippen molar-refractivity contribution in [3.05, 3.63) is 0 Å². The summed E-state index contributed by atoms with van der Waals surface area (Å²) in [4.78, 5) is 13.7. The van der Waals surface area contributed by atoms with Gasteiger partial charge in [-0.3, -0.25) is 4.79 Å². The fraction of sp³-hybridized carbons (Fsp3) is 0.923. The van der Waals surface area contributed by atoms with E-state index in [4.69, 9.17) is 11.5 Å². The Kier molecular flexibility index (Phi) is 4.95. The summed E-state index contributed by atoms with van der Waals surface area (Å²) < 4.78 is 0. The quantitative estimate of drug-likeness (QED) is 0.731. The van der Waals surface area contributed by atoms with Crippen molar-refractivity contribution in [2.24, 2.45) is 17.4 Å². The van der Waals surface area contributed by atoms with Crippen molar-refractivity contribution in [2.75, 3.05) is 13.1 Å². The maximum absolute atomic E-state index is 11.2. The predicted molar refractivity (Wildman–Crippen MR) is 70.5 cm³/mol. The third-order valence-corrected chi connectivity index (χ3v) is 3.92. The number of primary amides is 1. The molecule has 1 aliphatic heterocycles. The van der Waals surface area contributed by atoms with Gasteiger partial charge in [0.25, 0.3) is 0 Å². The summed E-state index contributed by atoms with van der Waals surface area (Å²) in [5, 5.41) is 0. The highest BCUT2D eigenvalue weighted by molar-refractivity contribution is 5.83. The topological polar surface area (TPSA) is 72.3 Å². The summed E-state index contributed by atoms with van der Waals surface area (Å²) in [7, 11) is 0. The molecule has 4 nitrogen and oxygen atoms in total. The van der Waals surface area contributed by atoms with Gasteiger partial charge in [-0.1, -0.05) is 13.3 Å². The van der Waals surface area contributed by atoms with E-state index >= 15 is 0 Å². The molecular formula is C13H27N3O. The van der Waals surface area contributed by atoms with Crippen LogP contribution in [0.5, 0.6) is 0 Å². The van der Waals surface area contributed by atoms with E-state index in [-0.39, 0.29) is 0 Å². The van der Waals surface area contributed by atoms with Crippen LogP contribution in [0.1, 0.15) is 46.5 Å². The monoisotopic (exact) mass is 241 g/mol. The van der Waals surface area contributed by atoms with Gasteiger partial charge in [0.15, 0.2) is 0 Å². The van der Waals surface area contributed by atoms with E-state index in [2.05, 4.69) is 18.7 Å². The third-order valence-electron chi connectivity index (χ3n) is 3.92. The molecular weight excluding hydrogens is 214 g/mol. The van der Waals surface area contributed by atoms with Crippen molar-refractivity contribution in [3.63, 3.8) is 0 Å². The van der Waals surface area contributed by atoms with Gasteiger partial charge in [-0.25, -0.2) is 0 Å². The Morgan fingerprint density at radius 3 is 2.76 bits per heavy atom. The van der Waals surface area contributed by atoms with Crippen molar-refractivity contribution in [2.45, 2.75) is 58.0 Å². The standard InChI is InChI=1S/C13H27N3O/c1-4-5-11-6-7-16(9-11)10(2)8-13(3,15)12(14)17/h10-11H,4-9,15H2,1-3H3,(H2,14,17). The Morgan fingerprint density at radius 2 is 2.24 bits per heavy atom. The minimum Gasteiger partial charge on any atom is -0.368 e. The molecule has 3 atom stereocenters. The number of rotatable bonds is 6. The Bertz CT molecular complexity index is 265. The molecule has 0 aromatic carbocycles. The molecule has 100 valence electrons. The van der Waals surface area contributed by atoms with Crippen molar-refractivity contribution < 1.29 is 4.79 Å². The van der Waals surface area contributed by atoms with Crippen LogP contribution in [-0.2, 0) is 4.79 Å². The van der Waals surface area contributed by atoms with Gasteiger partial charge >= 0.3 is 0 Å². The number of nitrogens with zero attached hydrogens (tertiary/aromatic N) is 1. The highest BCUT2D eigenvalue weighted by Gasteiger charge is 2.32. The summed E-state index contributed by atoms with van der Waals surface area (Å²) in [6.07, 6.45) is 4.47. The Balaban J connectivity index is 2.44. The number of carbonyl (C=O) groups is 1. The fourth-order valence-electron chi connectivity index (χ4n) is 2.75. The van der Waals surface area contributed by atoms with Gasteiger partial charge in [-0.05, 0) is 45.6 Å². The molecule has 1 fully saturated rings. The van der Waals surface area contributed by atoms with Crippen molar-refractivity contribution in [1.82, 2.24) is 4.90 Å². The van der Waals surface area contributed by atoms with E-state index < -0.39 is 11.4 Å². The molecule has 0 aromatic rings. The number of carbonyl (C=O) groups excluding carboxylic acids is 1. The first-order chi connectivity index (χ1) is 7.86. The van der Waals surface area contributed by atoms with Crippen LogP contribution in [0.25, 0.3) is 0 Å². The molecule has 0 bridgehead atoms. The summed E-state index contributed by atoms with van der Waals surface area (Å²) in [5.41, 5.74) is 10.3. The van der Waals surface area contributed by atoms with Gasteiger partial charge in [-0.2, -0.15) is 0 Å². The van der Waals surface area contributed by atoms with Crippen LogP contribution in [0.4, 0.5) is 0 Å². The smallest absolute Gasteiger partial charge is 0.237 e. The zero-order valence-electron chi connectivity index (χ0n) is 11.4. The highest BCUT2D eigenvalue weighted by Crippen LogP contribution is 2.25. The number of hydrogen-bond acceptors (Lipinski definition) is 3. The maximum Gasteiger partial charge on any atom is 0.237 e. The first-order valence-electron chi connectivity index (χ1n) is 6.69. The molecule has 1 saturated heterocycles. The molecule has 0 aliphatic carbocycles. The van der Waals surface area contributed by atoms with Crippen molar-refractivity contribution in [1.29, 1.82) is 0 Å². The summed E-state index contributed by atoms with van der Waals surface area (Å²) in [6, 6.07) is 0.333. The second kappa shape index (κ2) is 5.83. The predicted octanol–water partition coefficient (Wildman–Crippen LogP) is 1.09. The molecule has 0 saturated carbocycles. The molecule has 4 N–H and O–H groups in total. The van der Waals surface area contributed by atoms with Gasteiger partial charge in [0, 0.05) is 12.6 Å². The lowest BCUT2D eigenvalue weighted by molar-refractivity contribution is -0.123. The molecule has 0 spiro atoms. The van der Waals surface area contributed by atoms with Crippen LogP contribution >= 0.6 is 0 Å². The molecule has 1 amide bonds. The first-order valence-corrected chi connectivity index (χ1v) is 6.69. The molecule has 1 aliphatic rings.